The number of hydrogen-bond acceptors (Lipinski definition) is 2. The van der Waals surface area contributed by atoms with Gasteiger partial charge in [-0.05, 0) is 41.8 Å². The first-order chi connectivity index (χ1) is 7.79. The molecule has 0 amide bonds. The maximum atomic E-state index is 3.59. The van der Waals surface area contributed by atoms with Crippen LogP contribution in [0, 0.1) is 11.3 Å². The van der Waals surface area contributed by atoms with Crippen molar-refractivity contribution in [1.82, 2.24) is 5.32 Å². The maximum absolute atomic E-state index is 3.59. The molecule has 0 bridgehead atoms. The summed E-state index contributed by atoms with van der Waals surface area (Å²) in [7, 11) is 0. The second-order valence-corrected chi connectivity index (χ2v) is 8.20. The van der Waals surface area contributed by atoms with Crippen LogP contribution in [0.5, 0.6) is 0 Å². The number of thiophene rings is 1. The SMILES string of the molecule is CC(C)(C)c1ccc(CNCC2CC2(C)C)s1. The molecular formula is C15H25NS. The van der Waals surface area contributed by atoms with Crippen LogP contribution < -0.4 is 5.32 Å². The van der Waals surface area contributed by atoms with Crippen molar-refractivity contribution in [2.45, 2.75) is 53.0 Å². The number of hydrogen-bond donors (Lipinski definition) is 1. The van der Waals surface area contributed by atoms with E-state index in [-0.39, 0.29) is 0 Å². The van der Waals surface area contributed by atoms with Crippen LogP contribution >= 0.6 is 11.3 Å². The Hall–Kier alpha value is -0.340. The van der Waals surface area contributed by atoms with Crippen molar-refractivity contribution < 1.29 is 0 Å². The Labute approximate surface area is 110 Å². The standard InChI is InChI=1S/C15H25NS/c1-14(2,3)13-7-6-12(17-13)10-16-9-11-8-15(11,4)5/h6-7,11,16H,8-10H2,1-5H3. The van der Waals surface area contributed by atoms with E-state index in [1.165, 1.54) is 22.7 Å². The van der Waals surface area contributed by atoms with E-state index < -0.39 is 0 Å². The van der Waals surface area contributed by atoms with Crippen molar-refractivity contribution in [2.75, 3.05) is 6.54 Å². The van der Waals surface area contributed by atoms with Crippen LogP contribution in [0.15, 0.2) is 12.1 Å². The lowest BCUT2D eigenvalue weighted by molar-refractivity contribution is 0.521. The van der Waals surface area contributed by atoms with E-state index in [9.17, 15) is 0 Å². The summed E-state index contributed by atoms with van der Waals surface area (Å²) >= 11 is 1.95. The first-order valence-corrected chi connectivity index (χ1v) is 7.40. The molecule has 1 atom stereocenters. The lowest BCUT2D eigenvalue weighted by atomic mass is 9.95. The van der Waals surface area contributed by atoms with Crippen molar-refractivity contribution in [1.29, 1.82) is 0 Å². The third-order valence-electron chi connectivity index (χ3n) is 3.81. The van der Waals surface area contributed by atoms with Crippen molar-refractivity contribution in [3.8, 4) is 0 Å². The highest BCUT2D eigenvalue weighted by atomic mass is 32.1. The summed E-state index contributed by atoms with van der Waals surface area (Å²) in [5, 5.41) is 3.59. The predicted molar refractivity (Wildman–Crippen MR) is 76.6 cm³/mol. The highest BCUT2D eigenvalue weighted by Gasteiger charge is 2.44. The van der Waals surface area contributed by atoms with Crippen LogP contribution in [0.1, 0.15) is 50.8 Å². The van der Waals surface area contributed by atoms with Gasteiger partial charge >= 0.3 is 0 Å². The van der Waals surface area contributed by atoms with Gasteiger partial charge in [-0.1, -0.05) is 34.6 Å². The fraction of sp³-hybridized carbons (Fsp3) is 0.733. The summed E-state index contributed by atoms with van der Waals surface area (Å²) in [6, 6.07) is 4.55. The number of nitrogens with one attached hydrogen (secondary N) is 1. The van der Waals surface area contributed by atoms with Crippen molar-refractivity contribution in [3.05, 3.63) is 21.9 Å². The molecule has 0 saturated heterocycles. The lowest BCUT2D eigenvalue weighted by Gasteiger charge is -2.15. The Morgan fingerprint density at radius 1 is 1.35 bits per heavy atom. The topological polar surface area (TPSA) is 12.0 Å². The summed E-state index contributed by atoms with van der Waals surface area (Å²) in [6.45, 7) is 13.8. The van der Waals surface area contributed by atoms with Gasteiger partial charge < -0.3 is 5.32 Å². The van der Waals surface area contributed by atoms with E-state index in [1.807, 2.05) is 11.3 Å². The van der Waals surface area contributed by atoms with Gasteiger partial charge in [-0.3, -0.25) is 0 Å². The first kappa shape index (κ1) is 13.1. The fourth-order valence-electron chi connectivity index (χ4n) is 2.17. The Morgan fingerprint density at radius 2 is 2.00 bits per heavy atom. The van der Waals surface area contributed by atoms with E-state index in [4.69, 9.17) is 0 Å². The maximum Gasteiger partial charge on any atom is 0.0299 e. The minimum Gasteiger partial charge on any atom is -0.312 e. The van der Waals surface area contributed by atoms with Gasteiger partial charge in [-0.25, -0.2) is 0 Å². The summed E-state index contributed by atoms with van der Waals surface area (Å²) in [6.07, 6.45) is 1.39. The van der Waals surface area contributed by atoms with Gasteiger partial charge in [0.15, 0.2) is 0 Å². The van der Waals surface area contributed by atoms with Crippen LogP contribution in [0.3, 0.4) is 0 Å². The molecule has 17 heavy (non-hydrogen) atoms. The van der Waals surface area contributed by atoms with E-state index >= 15 is 0 Å². The average Bonchev–Trinajstić information content (AvgIpc) is 2.64. The molecule has 0 radical (unpaired) electrons. The molecule has 0 aliphatic heterocycles. The van der Waals surface area contributed by atoms with Crippen molar-refractivity contribution >= 4 is 11.3 Å². The highest BCUT2D eigenvalue weighted by Crippen LogP contribution is 2.51. The monoisotopic (exact) mass is 251 g/mol. The molecule has 1 unspecified atom stereocenters. The molecule has 1 aromatic rings. The van der Waals surface area contributed by atoms with Gasteiger partial charge in [0.2, 0.25) is 0 Å². The Balaban J connectivity index is 1.78. The summed E-state index contributed by atoms with van der Waals surface area (Å²) < 4.78 is 0. The minimum absolute atomic E-state index is 0.293. The zero-order valence-corrected chi connectivity index (χ0v) is 12.6. The molecule has 1 nitrogen and oxygen atoms in total. The third kappa shape index (κ3) is 3.32. The zero-order valence-electron chi connectivity index (χ0n) is 11.8. The van der Waals surface area contributed by atoms with Gasteiger partial charge in [0.05, 0.1) is 0 Å². The third-order valence-corrected chi connectivity index (χ3v) is 5.32. The summed E-state index contributed by atoms with van der Waals surface area (Å²) in [5.41, 5.74) is 0.889. The summed E-state index contributed by atoms with van der Waals surface area (Å²) in [5.74, 6) is 0.893. The molecule has 1 aliphatic rings. The largest absolute Gasteiger partial charge is 0.312 e. The first-order valence-electron chi connectivity index (χ1n) is 6.59. The van der Waals surface area contributed by atoms with E-state index in [0.29, 0.717) is 10.8 Å². The molecule has 1 aromatic heterocycles. The van der Waals surface area contributed by atoms with E-state index in [1.54, 1.807) is 0 Å². The molecule has 1 aliphatic carbocycles. The van der Waals surface area contributed by atoms with Gasteiger partial charge in [0.25, 0.3) is 0 Å². The highest BCUT2D eigenvalue weighted by molar-refractivity contribution is 7.12. The van der Waals surface area contributed by atoms with Gasteiger partial charge in [0, 0.05) is 16.3 Å². The summed E-state index contributed by atoms with van der Waals surface area (Å²) in [4.78, 5) is 2.95. The zero-order chi connectivity index (χ0) is 12.7. The van der Waals surface area contributed by atoms with E-state index in [0.717, 1.165) is 12.5 Å². The molecular weight excluding hydrogens is 226 g/mol. The Morgan fingerprint density at radius 3 is 2.47 bits per heavy atom. The predicted octanol–water partition coefficient (Wildman–Crippen LogP) is 4.18. The molecule has 1 heterocycles. The van der Waals surface area contributed by atoms with Gasteiger partial charge in [-0.15, -0.1) is 11.3 Å². The quantitative estimate of drug-likeness (QED) is 0.846. The number of rotatable bonds is 4. The second kappa shape index (κ2) is 4.40. The van der Waals surface area contributed by atoms with Crippen LogP contribution in [-0.2, 0) is 12.0 Å². The molecule has 0 aromatic carbocycles. The Bertz CT molecular complexity index is 384. The van der Waals surface area contributed by atoms with Crippen LogP contribution in [0.2, 0.25) is 0 Å². The van der Waals surface area contributed by atoms with Crippen LogP contribution in [0.25, 0.3) is 0 Å². The van der Waals surface area contributed by atoms with Crippen LogP contribution in [0.4, 0.5) is 0 Å². The smallest absolute Gasteiger partial charge is 0.0299 e. The molecule has 1 N–H and O–H groups in total. The van der Waals surface area contributed by atoms with E-state index in [2.05, 4.69) is 52.1 Å². The van der Waals surface area contributed by atoms with Crippen molar-refractivity contribution in [3.63, 3.8) is 0 Å². The molecule has 1 saturated carbocycles. The lowest BCUT2D eigenvalue weighted by Crippen LogP contribution is -2.17. The molecule has 0 spiro atoms. The molecule has 1 fully saturated rings. The van der Waals surface area contributed by atoms with Gasteiger partial charge in [0.1, 0.15) is 0 Å². The molecule has 2 heteroatoms. The normalized spacial score (nSPS) is 22.8. The van der Waals surface area contributed by atoms with Gasteiger partial charge in [-0.2, -0.15) is 0 Å². The Kier molecular flexibility index (Phi) is 3.39. The fourth-order valence-corrected chi connectivity index (χ4v) is 3.21. The molecule has 96 valence electrons. The average molecular weight is 251 g/mol. The second-order valence-electron chi connectivity index (χ2n) is 7.04. The van der Waals surface area contributed by atoms with Crippen molar-refractivity contribution in [2.24, 2.45) is 11.3 Å². The minimum atomic E-state index is 0.293. The molecule has 2 rings (SSSR count). The van der Waals surface area contributed by atoms with Crippen LogP contribution in [-0.4, -0.2) is 6.54 Å².